The summed E-state index contributed by atoms with van der Waals surface area (Å²) in [5, 5.41) is 8.93. The number of hydrogen-bond acceptors (Lipinski definition) is 3. The number of benzene rings is 2. The van der Waals surface area contributed by atoms with E-state index < -0.39 is 0 Å². The molecular weight excluding hydrogens is 307 g/mol. The first kappa shape index (κ1) is 15.1. The van der Waals surface area contributed by atoms with Crippen LogP contribution in [0.5, 0.6) is 0 Å². The normalized spacial score (nSPS) is 12.2. The van der Waals surface area contributed by atoms with Crippen LogP contribution in [0.25, 0.3) is 6.08 Å². The first-order chi connectivity index (χ1) is 11.3. The molecule has 0 N–H and O–H groups in total. The minimum atomic E-state index is -0.251. The Balaban J connectivity index is 1.98. The van der Waals surface area contributed by atoms with Crippen LogP contribution in [0, 0.1) is 17.1 Å². The van der Waals surface area contributed by atoms with E-state index in [1.807, 2.05) is 24.4 Å². The largest absolute Gasteiger partial charge is 0.253 e. The Bertz CT molecular complexity index is 829. The Kier molecular flexibility index (Phi) is 4.60. The van der Waals surface area contributed by atoms with Crippen LogP contribution in [0.2, 0.25) is 0 Å². The van der Waals surface area contributed by atoms with E-state index in [2.05, 4.69) is 17.1 Å². The maximum Gasteiger partial charge on any atom is 0.123 e. The molecule has 1 atom stereocenters. The van der Waals surface area contributed by atoms with Crippen LogP contribution in [-0.2, 0) is 0 Å². The van der Waals surface area contributed by atoms with Crippen molar-refractivity contribution in [3.05, 3.63) is 93.7 Å². The third-order valence-electron chi connectivity index (χ3n) is 3.53. The van der Waals surface area contributed by atoms with Crippen molar-refractivity contribution >= 4 is 17.4 Å². The van der Waals surface area contributed by atoms with Crippen LogP contribution < -0.4 is 0 Å². The number of halogens is 1. The minimum absolute atomic E-state index is 0.00885. The second-order valence-electron chi connectivity index (χ2n) is 5.03. The summed E-state index contributed by atoms with van der Waals surface area (Å²) in [6.45, 7) is 0. The highest BCUT2D eigenvalue weighted by molar-refractivity contribution is 7.10. The number of aromatic nitrogens is 1. The smallest absolute Gasteiger partial charge is 0.123 e. The van der Waals surface area contributed by atoms with Crippen LogP contribution in [-0.4, -0.2) is 4.98 Å². The average molecular weight is 320 g/mol. The Morgan fingerprint density at radius 2 is 1.70 bits per heavy atom. The quantitative estimate of drug-likeness (QED) is 0.678. The van der Waals surface area contributed by atoms with Gasteiger partial charge in [0.15, 0.2) is 0 Å². The van der Waals surface area contributed by atoms with E-state index in [1.165, 1.54) is 12.1 Å². The van der Waals surface area contributed by atoms with Gasteiger partial charge in [-0.3, -0.25) is 4.98 Å². The van der Waals surface area contributed by atoms with Crippen molar-refractivity contribution in [2.45, 2.75) is 5.92 Å². The van der Waals surface area contributed by atoms with Gasteiger partial charge in [-0.15, -0.1) is 11.3 Å². The lowest BCUT2D eigenvalue weighted by Gasteiger charge is -2.14. The molecule has 0 saturated carbocycles. The summed E-state index contributed by atoms with van der Waals surface area (Å²) < 4.78 is 13.2. The predicted molar refractivity (Wildman–Crippen MR) is 90.5 cm³/mol. The summed E-state index contributed by atoms with van der Waals surface area (Å²) in [6, 6.07) is 16.1. The van der Waals surface area contributed by atoms with Crippen molar-refractivity contribution in [1.29, 1.82) is 5.26 Å². The number of thiazole rings is 1. The van der Waals surface area contributed by atoms with Gasteiger partial charge in [-0.2, -0.15) is 5.26 Å². The van der Waals surface area contributed by atoms with Crippen LogP contribution in [0.4, 0.5) is 4.39 Å². The molecule has 3 rings (SSSR count). The summed E-state index contributed by atoms with van der Waals surface area (Å²) in [7, 11) is 0. The van der Waals surface area contributed by atoms with Crippen molar-refractivity contribution in [2.24, 2.45) is 0 Å². The Labute approximate surface area is 138 Å². The fraction of sp³-hybridized carbons (Fsp3) is 0.0526. The van der Waals surface area contributed by atoms with Gasteiger partial charge in [0.05, 0.1) is 17.1 Å². The summed E-state index contributed by atoms with van der Waals surface area (Å²) in [4.78, 5) is 5.12. The highest BCUT2D eigenvalue weighted by atomic mass is 32.1. The first-order valence-electron chi connectivity index (χ1n) is 7.08. The molecule has 0 bridgehead atoms. The van der Waals surface area contributed by atoms with Gasteiger partial charge in [0.1, 0.15) is 5.82 Å². The molecule has 1 heterocycles. The molecule has 0 aliphatic heterocycles. The Morgan fingerprint density at radius 1 is 1.04 bits per heavy atom. The van der Waals surface area contributed by atoms with Crippen molar-refractivity contribution in [1.82, 2.24) is 4.98 Å². The molecule has 1 unspecified atom stereocenters. The highest BCUT2D eigenvalue weighted by Crippen LogP contribution is 2.28. The second kappa shape index (κ2) is 6.99. The lowest BCUT2D eigenvalue weighted by atomic mass is 9.90. The topological polar surface area (TPSA) is 36.7 Å². The zero-order valence-corrected chi connectivity index (χ0v) is 13.0. The molecule has 0 fully saturated rings. The van der Waals surface area contributed by atoms with Gasteiger partial charge < -0.3 is 0 Å². The molecule has 112 valence electrons. The third kappa shape index (κ3) is 3.71. The number of nitrogens with zero attached hydrogens (tertiary/aromatic N) is 2. The zero-order chi connectivity index (χ0) is 16.1. The average Bonchev–Trinajstić information content (AvgIpc) is 3.10. The van der Waals surface area contributed by atoms with E-state index in [-0.39, 0.29) is 11.7 Å². The third-order valence-corrected chi connectivity index (χ3v) is 4.27. The molecule has 0 saturated heterocycles. The molecule has 0 radical (unpaired) electrons. The molecule has 3 aromatic rings. The van der Waals surface area contributed by atoms with Gasteiger partial charge in [0.2, 0.25) is 0 Å². The van der Waals surface area contributed by atoms with E-state index in [0.29, 0.717) is 5.56 Å². The molecular formula is C19H13FN2S. The van der Waals surface area contributed by atoms with E-state index in [1.54, 1.807) is 41.1 Å². The van der Waals surface area contributed by atoms with Crippen LogP contribution in [0.3, 0.4) is 0 Å². The molecule has 0 aliphatic rings. The van der Waals surface area contributed by atoms with Crippen molar-refractivity contribution in [2.75, 3.05) is 0 Å². The number of nitriles is 1. The molecule has 0 aliphatic carbocycles. The highest BCUT2D eigenvalue weighted by Gasteiger charge is 2.11. The summed E-state index contributed by atoms with van der Waals surface area (Å²) in [5.74, 6) is -0.260. The van der Waals surface area contributed by atoms with Crippen LogP contribution in [0.1, 0.15) is 27.5 Å². The second-order valence-corrected chi connectivity index (χ2v) is 5.94. The van der Waals surface area contributed by atoms with Gasteiger partial charge in [0, 0.05) is 17.0 Å². The minimum Gasteiger partial charge on any atom is -0.253 e. The van der Waals surface area contributed by atoms with Crippen molar-refractivity contribution in [3.63, 3.8) is 0 Å². The fourth-order valence-electron chi connectivity index (χ4n) is 2.35. The molecule has 4 heteroatoms. The lowest BCUT2D eigenvalue weighted by molar-refractivity contribution is 0.627. The maximum absolute atomic E-state index is 13.2. The fourth-order valence-corrected chi connectivity index (χ4v) is 2.87. The molecule has 1 aromatic heterocycles. The summed E-state index contributed by atoms with van der Waals surface area (Å²) in [5.41, 5.74) is 4.46. The molecule has 2 aromatic carbocycles. The molecule has 0 amide bonds. The van der Waals surface area contributed by atoms with Gasteiger partial charge in [-0.1, -0.05) is 30.3 Å². The number of rotatable bonds is 4. The Hall–Kier alpha value is -2.77. The van der Waals surface area contributed by atoms with Crippen LogP contribution >= 0.6 is 11.3 Å². The van der Waals surface area contributed by atoms with E-state index >= 15 is 0 Å². The van der Waals surface area contributed by atoms with Crippen LogP contribution in [0.15, 0.2) is 66.3 Å². The molecule has 0 spiro atoms. The lowest BCUT2D eigenvalue weighted by Crippen LogP contribution is -1.98. The SMILES string of the molecule is N#Cc1ccc(C(C=Cc2cncs2)c2ccc(F)cc2)cc1. The standard InChI is InChI=1S/C19H13FN2S/c20-17-7-5-16(6-8-17)19(10-9-18-12-22-13-23-18)15-3-1-14(11-21)2-4-15/h1-10,12-13,19H. The van der Waals surface area contributed by atoms with E-state index in [4.69, 9.17) is 5.26 Å². The monoisotopic (exact) mass is 320 g/mol. The van der Waals surface area contributed by atoms with Gasteiger partial charge in [-0.25, -0.2) is 4.39 Å². The van der Waals surface area contributed by atoms with Crippen molar-refractivity contribution < 1.29 is 4.39 Å². The van der Waals surface area contributed by atoms with E-state index in [0.717, 1.165) is 16.0 Å². The maximum atomic E-state index is 13.2. The predicted octanol–water partition coefficient (Wildman–Crippen LogP) is 5.00. The van der Waals surface area contributed by atoms with Crippen molar-refractivity contribution in [3.8, 4) is 6.07 Å². The molecule has 23 heavy (non-hydrogen) atoms. The number of hydrogen-bond donors (Lipinski definition) is 0. The zero-order valence-electron chi connectivity index (χ0n) is 12.2. The van der Waals surface area contributed by atoms with Gasteiger partial charge in [-0.05, 0) is 41.5 Å². The van der Waals surface area contributed by atoms with Gasteiger partial charge in [0.25, 0.3) is 0 Å². The Morgan fingerprint density at radius 3 is 2.26 bits per heavy atom. The summed E-state index contributed by atoms with van der Waals surface area (Å²) >= 11 is 1.56. The molecule has 2 nitrogen and oxygen atoms in total. The van der Waals surface area contributed by atoms with Gasteiger partial charge >= 0.3 is 0 Å². The summed E-state index contributed by atoms with van der Waals surface area (Å²) in [6.07, 6.45) is 5.90. The number of allylic oxidation sites excluding steroid dienone is 1. The van der Waals surface area contributed by atoms with E-state index in [9.17, 15) is 4.39 Å². The first-order valence-corrected chi connectivity index (χ1v) is 7.96.